The van der Waals surface area contributed by atoms with E-state index in [1.165, 1.54) is 12.1 Å². The molecule has 0 radical (unpaired) electrons. The number of amides is 1. The molecule has 4 rings (SSSR count). The first-order valence-electron chi connectivity index (χ1n) is 10.1. The van der Waals surface area contributed by atoms with Crippen molar-refractivity contribution in [3.8, 4) is 5.75 Å². The monoisotopic (exact) mass is 408 g/mol. The Hall–Kier alpha value is -2.99. The predicted molar refractivity (Wildman–Crippen MR) is 113 cm³/mol. The van der Waals surface area contributed by atoms with Gasteiger partial charge in [-0.05, 0) is 55.7 Å². The lowest BCUT2D eigenvalue weighted by Gasteiger charge is -2.38. The van der Waals surface area contributed by atoms with Gasteiger partial charge in [0.05, 0.1) is 29.5 Å². The quantitative estimate of drug-likeness (QED) is 0.711. The van der Waals surface area contributed by atoms with Crippen LogP contribution in [-0.4, -0.2) is 46.7 Å². The smallest absolute Gasteiger partial charge is 0.255 e. The van der Waals surface area contributed by atoms with Gasteiger partial charge in [0.25, 0.3) is 5.91 Å². The number of aliphatic hydroxyl groups is 1. The van der Waals surface area contributed by atoms with Gasteiger partial charge >= 0.3 is 0 Å². The topological polar surface area (TPSA) is 62.7 Å². The summed E-state index contributed by atoms with van der Waals surface area (Å²) < 4.78 is 18.7. The number of aryl methyl sites for hydroxylation is 1. The van der Waals surface area contributed by atoms with Gasteiger partial charge in [-0.3, -0.25) is 9.78 Å². The van der Waals surface area contributed by atoms with Crippen molar-refractivity contribution in [2.45, 2.75) is 31.8 Å². The summed E-state index contributed by atoms with van der Waals surface area (Å²) in [5.74, 6) is 0.341. The second-order valence-corrected chi connectivity index (χ2v) is 8.00. The van der Waals surface area contributed by atoms with Gasteiger partial charge in [-0.2, -0.15) is 0 Å². The molecule has 1 amide bonds. The van der Waals surface area contributed by atoms with Gasteiger partial charge in [0.2, 0.25) is 0 Å². The molecule has 2 aromatic carbocycles. The summed E-state index contributed by atoms with van der Waals surface area (Å²) in [4.78, 5) is 19.5. The van der Waals surface area contributed by atoms with E-state index in [0.717, 1.165) is 22.2 Å². The number of nitrogens with zero attached hydrogens (tertiary/aromatic N) is 2. The van der Waals surface area contributed by atoms with E-state index in [0.29, 0.717) is 43.6 Å². The number of aromatic nitrogens is 1. The van der Waals surface area contributed by atoms with Crippen LogP contribution in [0.2, 0.25) is 0 Å². The fourth-order valence-electron chi connectivity index (χ4n) is 4.09. The van der Waals surface area contributed by atoms with Gasteiger partial charge < -0.3 is 14.7 Å². The number of hydrogen-bond donors (Lipinski definition) is 1. The first-order valence-corrected chi connectivity index (χ1v) is 10.1. The highest BCUT2D eigenvalue weighted by Gasteiger charge is 2.34. The number of piperidine rings is 1. The zero-order valence-electron chi connectivity index (χ0n) is 17.2. The van der Waals surface area contributed by atoms with Crippen LogP contribution in [0.1, 0.15) is 34.5 Å². The predicted octanol–water partition coefficient (Wildman–Crippen LogP) is 3.90. The van der Waals surface area contributed by atoms with Crippen LogP contribution in [0.5, 0.6) is 5.75 Å². The van der Waals surface area contributed by atoms with E-state index in [1.54, 1.807) is 18.1 Å². The Bertz CT molecular complexity index is 1090. The molecule has 6 heteroatoms. The summed E-state index contributed by atoms with van der Waals surface area (Å²) in [6.07, 6.45) is 1.28. The number of methoxy groups -OCH3 is 1. The number of rotatable bonds is 4. The molecule has 0 bridgehead atoms. The summed E-state index contributed by atoms with van der Waals surface area (Å²) in [6, 6.07) is 13.8. The highest BCUT2D eigenvalue weighted by atomic mass is 19.1. The van der Waals surface area contributed by atoms with Gasteiger partial charge in [0, 0.05) is 31.0 Å². The number of carbonyl (C=O) groups excluding carboxylic acids is 1. The third-order valence-electron chi connectivity index (χ3n) is 5.85. The number of benzene rings is 2. The number of halogens is 1. The number of likely N-dealkylation sites (tertiary alicyclic amines) is 1. The summed E-state index contributed by atoms with van der Waals surface area (Å²) in [5.41, 5.74) is 1.86. The molecule has 2 heterocycles. The minimum Gasteiger partial charge on any atom is -0.497 e. The lowest BCUT2D eigenvalue weighted by atomic mass is 9.85. The van der Waals surface area contributed by atoms with Crippen molar-refractivity contribution in [3.63, 3.8) is 0 Å². The normalized spacial score (nSPS) is 15.9. The average Bonchev–Trinajstić information content (AvgIpc) is 2.72. The van der Waals surface area contributed by atoms with E-state index in [4.69, 9.17) is 4.74 Å². The largest absolute Gasteiger partial charge is 0.497 e. The maximum atomic E-state index is 13.4. The molecule has 30 heavy (non-hydrogen) atoms. The third kappa shape index (κ3) is 4.14. The maximum Gasteiger partial charge on any atom is 0.255 e. The molecule has 1 fully saturated rings. The van der Waals surface area contributed by atoms with E-state index in [2.05, 4.69) is 4.98 Å². The van der Waals surface area contributed by atoms with E-state index in [-0.39, 0.29) is 11.7 Å². The van der Waals surface area contributed by atoms with E-state index in [9.17, 15) is 14.3 Å². The molecule has 156 valence electrons. The van der Waals surface area contributed by atoms with Gasteiger partial charge in [-0.15, -0.1) is 0 Å². The Morgan fingerprint density at radius 3 is 2.67 bits per heavy atom. The van der Waals surface area contributed by atoms with E-state index in [1.807, 2.05) is 37.3 Å². The molecule has 0 atom stereocenters. The van der Waals surface area contributed by atoms with Gasteiger partial charge in [-0.25, -0.2) is 4.39 Å². The molecule has 1 aliphatic heterocycles. The zero-order valence-corrected chi connectivity index (χ0v) is 17.2. The van der Waals surface area contributed by atoms with Crippen molar-refractivity contribution in [1.82, 2.24) is 9.88 Å². The van der Waals surface area contributed by atoms with Crippen LogP contribution in [0.3, 0.4) is 0 Å². The van der Waals surface area contributed by atoms with Crippen LogP contribution in [0.4, 0.5) is 4.39 Å². The highest BCUT2D eigenvalue weighted by Crippen LogP contribution is 2.29. The molecule has 5 nitrogen and oxygen atoms in total. The molecular weight excluding hydrogens is 383 g/mol. The van der Waals surface area contributed by atoms with Crippen molar-refractivity contribution < 1.29 is 19.0 Å². The fourth-order valence-corrected chi connectivity index (χ4v) is 4.09. The third-order valence-corrected chi connectivity index (χ3v) is 5.85. The van der Waals surface area contributed by atoms with Crippen molar-refractivity contribution in [1.29, 1.82) is 0 Å². The SMILES string of the molecule is COc1ccc2cc(C(=O)N3CCC(O)(Cc4cccc(F)c4)CC3)c(C)nc2c1. The zero-order chi connectivity index (χ0) is 21.3. The van der Waals surface area contributed by atoms with Crippen molar-refractivity contribution in [2.24, 2.45) is 0 Å². The molecule has 1 aromatic heterocycles. The summed E-state index contributed by atoms with van der Waals surface area (Å²) >= 11 is 0. The molecule has 1 N–H and O–H groups in total. The summed E-state index contributed by atoms with van der Waals surface area (Å²) in [5, 5.41) is 11.8. The summed E-state index contributed by atoms with van der Waals surface area (Å²) in [6.45, 7) is 2.73. The van der Waals surface area contributed by atoms with Crippen LogP contribution in [0.25, 0.3) is 10.9 Å². The lowest BCUT2D eigenvalue weighted by molar-refractivity contribution is -0.0162. The number of ether oxygens (including phenoxy) is 1. The number of fused-ring (bicyclic) bond motifs is 1. The van der Waals surface area contributed by atoms with Crippen LogP contribution in [0, 0.1) is 12.7 Å². The van der Waals surface area contributed by atoms with Gasteiger partial charge in [0.15, 0.2) is 0 Å². The first kappa shape index (κ1) is 20.3. The van der Waals surface area contributed by atoms with Gasteiger partial charge in [-0.1, -0.05) is 12.1 Å². The van der Waals surface area contributed by atoms with E-state index < -0.39 is 5.60 Å². The van der Waals surface area contributed by atoms with Crippen LogP contribution in [-0.2, 0) is 6.42 Å². The summed E-state index contributed by atoms with van der Waals surface area (Å²) in [7, 11) is 1.61. The molecular formula is C24H25FN2O3. The molecule has 0 unspecified atom stereocenters. The molecule has 0 spiro atoms. The Balaban J connectivity index is 1.48. The molecule has 3 aromatic rings. The highest BCUT2D eigenvalue weighted by molar-refractivity contribution is 5.98. The molecule has 0 aliphatic carbocycles. The minimum atomic E-state index is -0.933. The number of pyridine rings is 1. The van der Waals surface area contributed by atoms with Crippen molar-refractivity contribution in [2.75, 3.05) is 20.2 Å². The second-order valence-electron chi connectivity index (χ2n) is 8.00. The Morgan fingerprint density at radius 2 is 1.97 bits per heavy atom. The second kappa shape index (κ2) is 8.03. The minimum absolute atomic E-state index is 0.0782. The van der Waals surface area contributed by atoms with Crippen molar-refractivity contribution in [3.05, 3.63) is 71.2 Å². The van der Waals surface area contributed by atoms with Crippen LogP contribution >= 0.6 is 0 Å². The Morgan fingerprint density at radius 1 is 1.20 bits per heavy atom. The van der Waals surface area contributed by atoms with Crippen LogP contribution < -0.4 is 4.74 Å². The Kier molecular flexibility index (Phi) is 5.43. The average molecular weight is 408 g/mol. The molecule has 0 saturated carbocycles. The lowest BCUT2D eigenvalue weighted by Crippen LogP contribution is -2.47. The standard InChI is InChI=1S/C24H25FN2O3/c1-16-21(13-18-6-7-20(30-2)14-22(18)26-16)23(28)27-10-8-24(29,9-11-27)15-17-4-3-5-19(25)12-17/h3-7,12-14,29H,8-11,15H2,1-2H3. The van der Waals surface area contributed by atoms with E-state index >= 15 is 0 Å². The molecule has 1 saturated heterocycles. The van der Waals surface area contributed by atoms with Crippen molar-refractivity contribution >= 4 is 16.8 Å². The first-order chi connectivity index (χ1) is 14.4. The maximum absolute atomic E-state index is 13.4. The number of hydrogen-bond acceptors (Lipinski definition) is 4. The number of carbonyl (C=O) groups is 1. The van der Waals surface area contributed by atoms with Crippen LogP contribution in [0.15, 0.2) is 48.5 Å². The van der Waals surface area contributed by atoms with Gasteiger partial charge in [0.1, 0.15) is 11.6 Å². The Labute approximate surface area is 175 Å². The molecule has 1 aliphatic rings. The fraction of sp³-hybridized carbons (Fsp3) is 0.333.